The van der Waals surface area contributed by atoms with E-state index in [0.29, 0.717) is 30.0 Å². The highest BCUT2D eigenvalue weighted by atomic mass is 16.5. The number of benzene rings is 1. The number of aliphatic hydroxyl groups is 1. The van der Waals surface area contributed by atoms with Crippen LogP contribution in [0.4, 0.5) is 5.69 Å². The molecule has 5 heteroatoms. The summed E-state index contributed by atoms with van der Waals surface area (Å²) < 4.78 is 5.26. The molecule has 1 aliphatic carbocycles. The number of methoxy groups -OCH3 is 1. The first-order chi connectivity index (χ1) is 9.69. The first-order valence-electron chi connectivity index (χ1n) is 7.03. The maximum absolute atomic E-state index is 12.8. The summed E-state index contributed by atoms with van der Waals surface area (Å²) in [6.45, 7) is 0.634. The molecule has 0 saturated heterocycles. The van der Waals surface area contributed by atoms with Crippen molar-refractivity contribution in [2.45, 2.75) is 31.7 Å². The van der Waals surface area contributed by atoms with Gasteiger partial charge in [0.2, 0.25) is 0 Å². The Bertz CT molecular complexity index is 472. The summed E-state index contributed by atoms with van der Waals surface area (Å²) in [5, 5.41) is 9.01. The van der Waals surface area contributed by atoms with Gasteiger partial charge in [0.1, 0.15) is 11.3 Å². The minimum atomic E-state index is -0.0990. The van der Waals surface area contributed by atoms with E-state index in [-0.39, 0.29) is 18.6 Å². The summed E-state index contributed by atoms with van der Waals surface area (Å²) in [7, 11) is 1.53. The summed E-state index contributed by atoms with van der Waals surface area (Å²) in [6.07, 6.45) is 3.77. The van der Waals surface area contributed by atoms with Crippen LogP contribution in [0.3, 0.4) is 0 Å². The lowest BCUT2D eigenvalue weighted by atomic mass is 9.90. The van der Waals surface area contributed by atoms with Crippen molar-refractivity contribution in [3.05, 3.63) is 23.8 Å². The average molecular weight is 278 g/mol. The van der Waals surface area contributed by atoms with Crippen molar-refractivity contribution in [3.63, 3.8) is 0 Å². The van der Waals surface area contributed by atoms with E-state index >= 15 is 0 Å². The molecule has 0 aliphatic heterocycles. The van der Waals surface area contributed by atoms with Crippen LogP contribution in [0.1, 0.15) is 36.0 Å². The van der Waals surface area contributed by atoms with Crippen LogP contribution < -0.4 is 10.5 Å². The minimum Gasteiger partial charge on any atom is -0.496 e. The van der Waals surface area contributed by atoms with Gasteiger partial charge in [0.25, 0.3) is 5.91 Å². The summed E-state index contributed by atoms with van der Waals surface area (Å²) >= 11 is 0. The molecule has 1 aromatic rings. The Morgan fingerprint density at radius 3 is 2.80 bits per heavy atom. The molecular formula is C15H22N2O3. The number of hydrogen-bond donors (Lipinski definition) is 2. The van der Waals surface area contributed by atoms with Gasteiger partial charge in [-0.05, 0) is 37.8 Å². The first-order valence-corrected chi connectivity index (χ1v) is 7.03. The molecule has 1 saturated carbocycles. The summed E-state index contributed by atoms with van der Waals surface area (Å²) in [5.74, 6) is 0.404. The molecule has 110 valence electrons. The number of amides is 1. The zero-order valence-corrected chi connectivity index (χ0v) is 11.8. The minimum absolute atomic E-state index is 0.0813. The standard InChI is InChI=1S/C15H22N2O3/c1-20-13-8-3-7-12(16)14(13)15(19)17(9-4-10-18)11-5-2-6-11/h3,7-8,11,18H,2,4-6,9-10,16H2,1H3. The molecular weight excluding hydrogens is 256 g/mol. The molecule has 2 rings (SSSR count). The third-order valence-electron chi connectivity index (χ3n) is 3.83. The molecule has 0 heterocycles. The fraction of sp³-hybridized carbons (Fsp3) is 0.533. The molecule has 0 aromatic heterocycles. The van der Waals surface area contributed by atoms with Crippen molar-refractivity contribution in [2.24, 2.45) is 0 Å². The number of carbonyl (C=O) groups excluding carboxylic acids is 1. The zero-order chi connectivity index (χ0) is 14.5. The Labute approximate surface area is 119 Å². The largest absolute Gasteiger partial charge is 0.496 e. The van der Waals surface area contributed by atoms with Gasteiger partial charge in [0.15, 0.2) is 0 Å². The number of nitrogens with two attached hydrogens (primary N) is 1. The Balaban J connectivity index is 2.26. The molecule has 3 N–H and O–H groups in total. The maximum atomic E-state index is 12.8. The second-order valence-electron chi connectivity index (χ2n) is 5.08. The molecule has 1 fully saturated rings. The van der Waals surface area contributed by atoms with Crippen LogP contribution in [0.5, 0.6) is 5.75 Å². The van der Waals surface area contributed by atoms with Crippen LogP contribution in [-0.2, 0) is 0 Å². The number of ether oxygens (including phenoxy) is 1. The molecule has 0 bridgehead atoms. The van der Waals surface area contributed by atoms with Crippen molar-refractivity contribution in [1.29, 1.82) is 0 Å². The van der Waals surface area contributed by atoms with Gasteiger partial charge < -0.3 is 20.5 Å². The van der Waals surface area contributed by atoms with Crippen LogP contribution in [0.2, 0.25) is 0 Å². The van der Waals surface area contributed by atoms with Crippen molar-refractivity contribution < 1.29 is 14.6 Å². The Hall–Kier alpha value is -1.75. The number of rotatable bonds is 6. The highest BCUT2D eigenvalue weighted by molar-refractivity contribution is 6.02. The highest BCUT2D eigenvalue weighted by Gasteiger charge is 2.31. The first kappa shape index (κ1) is 14.7. The average Bonchev–Trinajstić information content (AvgIpc) is 2.40. The lowest BCUT2D eigenvalue weighted by Crippen LogP contribution is -2.45. The zero-order valence-electron chi connectivity index (χ0n) is 11.8. The van der Waals surface area contributed by atoms with Crippen LogP contribution in [0.15, 0.2) is 18.2 Å². The third kappa shape index (κ3) is 2.88. The Morgan fingerprint density at radius 2 is 2.25 bits per heavy atom. The van der Waals surface area contributed by atoms with E-state index in [4.69, 9.17) is 15.6 Å². The summed E-state index contributed by atoms with van der Waals surface area (Å²) in [4.78, 5) is 14.6. The molecule has 0 spiro atoms. The quantitative estimate of drug-likeness (QED) is 0.776. The molecule has 1 aromatic carbocycles. The number of nitrogen functional groups attached to an aromatic ring is 1. The number of aliphatic hydroxyl groups excluding tert-OH is 1. The summed E-state index contributed by atoms with van der Waals surface area (Å²) in [5.41, 5.74) is 6.81. The van der Waals surface area contributed by atoms with Crippen molar-refractivity contribution in [3.8, 4) is 5.75 Å². The molecule has 1 amide bonds. The van der Waals surface area contributed by atoms with E-state index in [0.717, 1.165) is 19.3 Å². The second-order valence-corrected chi connectivity index (χ2v) is 5.08. The van der Waals surface area contributed by atoms with Crippen molar-refractivity contribution in [1.82, 2.24) is 4.90 Å². The van der Waals surface area contributed by atoms with Crippen LogP contribution in [0.25, 0.3) is 0 Å². The normalized spacial score (nSPS) is 14.7. The molecule has 1 aliphatic rings. The van der Waals surface area contributed by atoms with Gasteiger partial charge in [-0.3, -0.25) is 4.79 Å². The SMILES string of the molecule is COc1cccc(N)c1C(=O)N(CCCO)C1CCC1. The predicted molar refractivity (Wildman–Crippen MR) is 77.8 cm³/mol. The second kappa shape index (κ2) is 6.61. The fourth-order valence-corrected chi connectivity index (χ4v) is 2.48. The monoisotopic (exact) mass is 278 g/mol. The van der Waals surface area contributed by atoms with E-state index < -0.39 is 0 Å². The summed E-state index contributed by atoms with van der Waals surface area (Å²) in [6, 6.07) is 5.49. The third-order valence-corrected chi connectivity index (χ3v) is 3.83. The van der Waals surface area contributed by atoms with Gasteiger partial charge in [-0.25, -0.2) is 0 Å². The Morgan fingerprint density at radius 1 is 1.50 bits per heavy atom. The smallest absolute Gasteiger partial charge is 0.259 e. The van der Waals surface area contributed by atoms with E-state index in [9.17, 15) is 4.79 Å². The molecule has 5 nitrogen and oxygen atoms in total. The number of anilines is 1. The maximum Gasteiger partial charge on any atom is 0.259 e. The highest BCUT2D eigenvalue weighted by Crippen LogP contribution is 2.31. The van der Waals surface area contributed by atoms with Gasteiger partial charge in [0, 0.05) is 24.9 Å². The van der Waals surface area contributed by atoms with Gasteiger partial charge >= 0.3 is 0 Å². The van der Waals surface area contributed by atoms with Crippen LogP contribution in [0, 0.1) is 0 Å². The van der Waals surface area contributed by atoms with Crippen LogP contribution in [-0.4, -0.2) is 42.2 Å². The fourth-order valence-electron chi connectivity index (χ4n) is 2.48. The number of nitrogens with zero attached hydrogens (tertiary/aromatic N) is 1. The van der Waals surface area contributed by atoms with E-state index in [1.54, 1.807) is 18.2 Å². The van der Waals surface area contributed by atoms with E-state index in [2.05, 4.69) is 0 Å². The van der Waals surface area contributed by atoms with Gasteiger partial charge in [-0.2, -0.15) is 0 Å². The van der Waals surface area contributed by atoms with Gasteiger partial charge in [-0.15, -0.1) is 0 Å². The lowest BCUT2D eigenvalue weighted by Gasteiger charge is -2.38. The van der Waals surface area contributed by atoms with Crippen molar-refractivity contribution in [2.75, 3.05) is 26.0 Å². The molecule has 20 heavy (non-hydrogen) atoms. The number of carbonyl (C=O) groups is 1. The molecule has 0 radical (unpaired) electrons. The van der Waals surface area contributed by atoms with E-state index in [1.807, 2.05) is 4.90 Å². The number of hydrogen-bond acceptors (Lipinski definition) is 4. The van der Waals surface area contributed by atoms with Gasteiger partial charge in [0.05, 0.1) is 7.11 Å². The van der Waals surface area contributed by atoms with Crippen molar-refractivity contribution >= 4 is 11.6 Å². The molecule has 0 unspecified atom stereocenters. The van der Waals surface area contributed by atoms with E-state index in [1.165, 1.54) is 7.11 Å². The van der Waals surface area contributed by atoms with Gasteiger partial charge in [-0.1, -0.05) is 6.07 Å². The molecule has 0 atom stereocenters. The predicted octanol–water partition coefficient (Wildman–Crippen LogP) is 1.65. The topological polar surface area (TPSA) is 75.8 Å². The Kier molecular flexibility index (Phi) is 4.84. The lowest BCUT2D eigenvalue weighted by molar-refractivity contribution is 0.0560. The van der Waals surface area contributed by atoms with Crippen LogP contribution >= 0.6 is 0 Å².